The average Bonchev–Trinajstić information content (AvgIpc) is 2.66. The summed E-state index contributed by atoms with van der Waals surface area (Å²) in [5.74, 6) is 0.384. The van der Waals surface area contributed by atoms with Gasteiger partial charge in [-0.05, 0) is 12.8 Å². The summed E-state index contributed by atoms with van der Waals surface area (Å²) in [6.07, 6.45) is 3.11. The Kier molecular flexibility index (Phi) is 3.43. The number of nitrogens with one attached hydrogen (secondary N) is 2. The van der Waals surface area contributed by atoms with Crippen LogP contribution in [-0.4, -0.2) is 48.9 Å². The highest BCUT2D eigenvalue weighted by Crippen LogP contribution is 2.11. The number of hydrogen-bond acceptors (Lipinski definition) is 3. The number of amides is 2. The summed E-state index contributed by atoms with van der Waals surface area (Å²) in [6.45, 7) is 1.60. The van der Waals surface area contributed by atoms with Crippen LogP contribution in [0, 0.1) is 0 Å². The van der Waals surface area contributed by atoms with Crippen LogP contribution >= 0.6 is 0 Å². The van der Waals surface area contributed by atoms with E-state index in [4.69, 9.17) is 0 Å². The van der Waals surface area contributed by atoms with Crippen LogP contribution in [-0.2, 0) is 9.59 Å². The molecule has 0 aromatic rings. The van der Waals surface area contributed by atoms with E-state index in [1.165, 1.54) is 0 Å². The topological polar surface area (TPSA) is 61.4 Å². The minimum absolute atomic E-state index is 0.155. The quantitative estimate of drug-likeness (QED) is 0.679. The number of likely N-dealkylation sites (tertiary alicyclic amines) is 1. The third-order valence-corrected chi connectivity index (χ3v) is 3.36. The van der Waals surface area contributed by atoms with Crippen molar-refractivity contribution in [3.05, 3.63) is 0 Å². The van der Waals surface area contributed by atoms with Crippen molar-refractivity contribution in [3.63, 3.8) is 0 Å². The Balaban J connectivity index is 1.70. The van der Waals surface area contributed by atoms with E-state index in [1.54, 1.807) is 4.90 Å². The Labute approximate surface area is 95.6 Å². The molecule has 0 aliphatic carbocycles. The molecule has 16 heavy (non-hydrogen) atoms. The van der Waals surface area contributed by atoms with Gasteiger partial charge in [-0.15, -0.1) is 0 Å². The first-order valence-corrected chi connectivity index (χ1v) is 5.92. The van der Waals surface area contributed by atoms with Crippen LogP contribution in [0.2, 0.25) is 0 Å². The Morgan fingerprint density at radius 3 is 2.81 bits per heavy atom. The second-order valence-corrected chi connectivity index (χ2v) is 4.72. The molecule has 0 saturated carbocycles. The molecule has 0 spiro atoms. The maximum absolute atomic E-state index is 11.3. The van der Waals surface area contributed by atoms with E-state index in [0.29, 0.717) is 18.9 Å². The van der Waals surface area contributed by atoms with Gasteiger partial charge >= 0.3 is 0 Å². The van der Waals surface area contributed by atoms with Gasteiger partial charge in [0.2, 0.25) is 11.8 Å². The van der Waals surface area contributed by atoms with Crippen LogP contribution in [0.25, 0.3) is 0 Å². The predicted molar refractivity (Wildman–Crippen MR) is 59.8 cm³/mol. The van der Waals surface area contributed by atoms with Crippen molar-refractivity contribution < 1.29 is 9.59 Å². The number of hydrogen-bond donors (Lipinski definition) is 2. The first kappa shape index (κ1) is 11.4. The van der Waals surface area contributed by atoms with Crippen LogP contribution in [0.4, 0.5) is 0 Å². The van der Waals surface area contributed by atoms with Gasteiger partial charge in [-0.1, -0.05) is 0 Å². The fourth-order valence-corrected chi connectivity index (χ4v) is 2.32. The lowest BCUT2D eigenvalue weighted by Crippen LogP contribution is -2.49. The number of likely N-dealkylation sites (N-methyl/N-ethyl adjacent to an activating group) is 1. The van der Waals surface area contributed by atoms with E-state index < -0.39 is 0 Å². The largest absolute Gasteiger partial charge is 0.352 e. The molecule has 0 aromatic carbocycles. The highest BCUT2D eigenvalue weighted by atomic mass is 16.2. The summed E-state index contributed by atoms with van der Waals surface area (Å²) < 4.78 is 0. The SMILES string of the molecule is CN1CC(NCC2CCC(=O)N2)CCC1=O. The van der Waals surface area contributed by atoms with Crippen LogP contribution < -0.4 is 10.6 Å². The van der Waals surface area contributed by atoms with Crippen LogP contribution in [0.5, 0.6) is 0 Å². The summed E-state index contributed by atoms with van der Waals surface area (Å²) in [7, 11) is 1.84. The van der Waals surface area contributed by atoms with Crippen LogP contribution in [0.1, 0.15) is 25.7 Å². The summed E-state index contributed by atoms with van der Waals surface area (Å²) in [5, 5.41) is 6.36. The van der Waals surface area contributed by atoms with E-state index in [0.717, 1.165) is 25.9 Å². The third kappa shape index (κ3) is 2.72. The van der Waals surface area contributed by atoms with Crippen molar-refractivity contribution in [2.24, 2.45) is 0 Å². The van der Waals surface area contributed by atoms with Gasteiger partial charge in [-0.25, -0.2) is 0 Å². The van der Waals surface area contributed by atoms with E-state index in [1.807, 2.05) is 7.05 Å². The molecule has 0 aromatic heterocycles. The van der Waals surface area contributed by atoms with Crippen molar-refractivity contribution in [2.75, 3.05) is 20.1 Å². The molecular weight excluding hydrogens is 206 g/mol. The smallest absolute Gasteiger partial charge is 0.222 e. The minimum atomic E-state index is 0.155. The van der Waals surface area contributed by atoms with Gasteiger partial charge in [0.25, 0.3) is 0 Å². The highest BCUT2D eigenvalue weighted by Gasteiger charge is 2.25. The van der Waals surface area contributed by atoms with Crippen molar-refractivity contribution in [1.29, 1.82) is 0 Å². The second-order valence-electron chi connectivity index (χ2n) is 4.72. The Morgan fingerprint density at radius 1 is 1.38 bits per heavy atom. The zero-order valence-corrected chi connectivity index (χ0v) is 9.66. The molecule has 2 saturated heterocycles. The first-order chi connectivity index (χ1) is 7.65. The first-order valence-electron chi connectivity index (χ1n) is 5.92. The summed E-state index contributed by atoms with van der Waals surface area (Å²) in [4.78, 5) is 24.1. The zero-order valence-electron chi connectivity index (χ0n) is 9.66. The number of carbonyl (C=O) groups excluding carboxylic acids is 2. The van der Waals surface area contributed by atoms with Crippen molar-refractivity contribution >= 4 is 11.8 Å². The highest BCUT2D eigenvalue weighted by molar-refractivity contribution is 5.78. The number of carbonyl (C=O) groups is 2. The van der Waals surface area contributed by atoms with E-state index >= 15 is 0 Å². The maximum atomic E-state index is 11.3. The molecule has 2 heterocycles. The predicted octanol–water partition coefficient (Wildman–Crippen LogP) is -0.525. The summed E-state index contributed by atoms with van der Waals surface area (Å²) >= 11 is 0. The van der Waals surface area contributed by atoms with Gasteiger partial charge in [-0.2, -0.15) is 0 Å². The molecule has 2 amide bonds. The second kappa shape index (κ2) is 4.82. The molecular formula is C11H19N3O2. The molecule has 2 fully saturated rings. The molecule has 2 atom stereocenters. The molecule has 90 valence electrons. The molecule has 2 aliphatic heterocycles. The maximum Gasteiger partial charge on any atom is 0.222 e. The Hall–Kier alpha value is -1.10. The van der Waals surface area contributed by atoms with E-state index in [2.05, 4.69) is 10.6 Å². The van der Waals surface area contributed by atoms with Crippen molar-refractivity contribution in [3.8, 4) is 0 Å². The zero-order chi connectivity index (χ0) is 11.5. The number of rotatable bonds is 3. The van der Waals surface area contributed by atoms with E-state index in [-0.39, 0.29) is 17.9 Å². The lowest BCUT2D eigenvalue weighted by atomic mass is 10.1. The number of piperidine rings is 1. The van der Waals surface area contributed by atoms with Crippen LogP contribution in [0.3, 0.4) is 0 Å². The summed E-state index contributed by atoms with van der Waals surface area (Å²) in [5.41, 5.74) is 0. The fraction of sp³-hybridized carbons (Fsp3) is 0.818. The van der Waals surface area contributed by atoms with Gasteiger partial charge in [0.15, 0.2) is 0 Å². The normalized spacial score (nSPS) is 30.7. The molecule has 2 aliphatic rings. The van der Waals surface area contributed by atoms with Crippen LogP contribution in [0.15, 0.2) is 0 Å². The van der Waals surface area contributed by atoms with Gasteiger partial charge in [0, 0.05) is 45.1 Å². The van der Waals surface area contributed by atoms with E-state index in [9.17, 15) is 9.59 Å². The van der Waals surface area contributed by atoms with Gasteiger partial charge in [0.05, 0.1) is 0 Å². The third-order valence-electron chi connectivity index (χ3n) is 3.36. The molecule has 5 nitrogen and oxygen atoms in total. The number of nitrogens with zero attached hydrogens (tertiary/aromatic N) is 1. The monoisotopic (exact) mass is 225 g/mol. The lowest BCUT2D eigenvalue weighted by Gasteiger charge is -2.31. The average molecular weight is 225 g/mol. The Morgan fingerprint density at radius 2 is 2.19 bits per heavy atom. The molecule has 2 N–H and O–H groups in total. The van der Waals surface area contributed by atoms with Gasteiger partial charge in [-0.3, -0.25) is 9.59 Å². The van der Waals surface area contributed by atoms with Crippen molar-refractivity contribution in [2.45, 2.75) is 37.8 Å². The molecule has 2 unspecified atom stereocenters. The Bertz CT molecular complexity index is 293. The lowest BCUT2D eigenvalue weighted by molar-refractivity contribution is -0.132. The minimum Gasteiger partial charge on any atom is -0.352 e. The van der Waals surface area contributed by atoms with Gasteiger partial charge < -0.3 is 15.5 Å². The molecule has 0 radical (unpaired) electrons. The fourth-order valence-electron chi connectivity index (χ4n) is 2.32. The van der Waals surface area contributed by atoms with Crippen molar-refractivity contribution in [1.82, 2.24) is 15.5 Å². The van der Waals surface area contributed by atoms with Gasteiger partial charge in [0.1, 0.15) is 0 Å². The summed E-state index contributed by atoms with van der Waals surface area (Å²) in [6, 6.07) is 0.649. The molecule has 5 heteroatoms. The standard InChI is InChI=1S/C11H19N3O2/c1-14-7-9(3-5-11(14)16)12-6-8-2-4-10(15)13-8/h8-9,12H,2-7H2,1H3,(H,13,15). The molecule has 0 bridgehead atoms. The molecule has 2 rings (SSSR count).